The molecular formula is C13H21NO2. The van der Waals surface area contributed by atoms with Gasteiger partial charge in [0, 0.05) is 12.7 Å². The molecule has 0 bridgehead atoms. The molecule has 0 aliphatic heterocycles. The summed E-state index contributed by atoms with van der Waals surface area (Å²) >= 11 is 0. The Kier molecular flexibility index (Phi) is 8.39. The predicted molar refractivity (Wildman–Crippen MR) is 66.7 cm³/mol. The number of carbonyl (C=O) groups excluding carboxylic acids is 1. The Morgan fingerprint density at radius 1 is 1.12 bits per heavy atom. The number of hydrogen-bond donors (Lipinski definition) is 1. The fourth-order valence-corrected chi connectivity index (χ4v) is 1.37. The lowest BCUT2D eigenvalue weighted by Crippen LogP contribution is -2.29. The van der Waals surface area contributed by atoms with Crippen LogP contribution in [0.4, 0.5) is 0 Å². The molecule has 16 heavy (non-hydrogen) atoms. The SMILES string of the molecule is CCN(CC)CC(=O)c1ccccc1.CO. The topological polar surface area (TPSA) is 40.5 Å². The molecule has 0 radical (unpaired) electrons. The first-order valence-electron chi connectivity index (χ1n) is 5.53. The molecule has 0 unspecified atom stereocenters. The molecule has 3 nitrogen and oxygen atoms in total. The van der Waals surface area contributed by atoms with Crippen LogP contribution in [0.5, 0.6) is 0 Å². The average Bonchev–Trinajstić information content (AvgIpc) is 2.39. The minimum Gasteiger partial charge on any atom is -0.400 e. The molecule has 0 aliphatic carbocycles. The van der Waals surface area contributed by atoms with Gasteiger partial charge in [-0.1, -0.05) is 44.2 Å². The maximum atomic E-state index is 11.7. The quantitative estimate of drug-likeness (QED) is 0.774. The second-order valence-corrected chi connectivity index (χ2v) is 3.25. The van der Waals surface area contributed by atoms with Crippen molar-refractivity contribution in [2.24, 2.45) is 0 Å². The molecule has 1 N–H and O–H groups in total. The second-order valence-electron chi connectivity index (χ2n) is 3.25. The normalized spacial score (nSPS) is 9.56. The number of likely N-dealkylation sites (N-methyl/N-ethyl adjacent to an activating group) is 1. The van der Waals surface area contributed by atoms with Gasteiger partial charge in [0.05, 0.1) is 6.54 Å². The van der Waals surface area contributed by atoms with Crippen molar-refractivity contribution in [3.05, 3.63) is 35.9 Å². The lowest BCUT2D eigenvalue weighted by molar-refractivity contribution is 0.0937. The van der Waals surface area contributed by atoms with E-state index in [-0.39, 0.29) is 5.78 Å². The maximum absolute atomic E-state index is 11.7. The van der Waals surface area contributed by atoms with E-state index in [1.807, 2.05) is 30.3 Å². The van der Waals surface area contributed by atoms with Gasteiger partial charge in [-0.25, -0.2) is 0 Å². The summed E-state index contributed by atoms with van der Waals surface area (Å²) in [6.45, 7) is 6.52. The largest absolute Gasteiger partial charge is 0.400 e. The number of nitrogens with zero attached hydrogens (tertiary/aromatic N) is 1. The number of rotatable bonds is 5. The molecule has 3 heteroatoms. The molecule has 0 saturated heterocycles. The summed E-state index contributed by atoms with van der Waals surface area (Å²) in [6, 6.07) is 9.46. The molecule has 0 atom stereocenters. The summed E-state index contributed by atoms with van der Waals surface area (Å²) < 4.78 is 0. The summed E-state index contributed by atoms with van der Waals surface area (Å²) in [7, 11) is 1.00. The Labute approximate surface area is 97.7 Å². The van der Waals surface area contributed by atoms with Crippen molar-refractivity contribution in [2.75, 3.05) is 26.7 Å². The average molecular weight is 223 g/mol. The van der Waals surface area contributed by atoms with E-state index in [0.29, 0.717) is 6.54 Å². The fraction of sp³-hybridized carbons (Fsp3) is 0.462. The third-order valence-corrected chi connectivity index (χ3v) is 2.36. The van der Waals surface area contributed by atoms with Crippen molar-refractivity contribution in [3.8, 4) is 0 Å². The van der Waals surface area contributed by atoms with Crippen LogP contribution in [0.2, 0.25) is 0 Å². The van der Waals surface area contributed by atoms with E-state index >= 15 is 0 Å². The molecule has 1 aromatic carbocycles. The Bertz CT molecular complexity index is 281. The molecule has 0 aliphatic rings. The summed E-state index contributed by atoms with van der Waals surface area (Å²) in [4.78, 5) is 13.9. The third kappa shape index (κ3) is 5.05. The van der Waals surface area contributed by atoms with E-state index in [1.54, 1.807) is 0 Å². The maximum Gasteiger partial charge on any atom is 0.176 e. The number of ketones is 1. The molecular weight excluding hydrogens is 202 g/mol. The smallest absolute Gasteiger partial charge is 0.176 e. The first kappa shape index (κ1) is 14.8. The van der Waals surface area contributed by atoms with E-state index in [0.717, 1.165) is 25.8 Å². The van der Waals surface area contributed by atoms with Crippen LogP contribution in [0.1, 0.15) is 24.2 Å². The monoisotopic (exact) mass is 223 g/mol. The van der Waals surface area contributed by atoms with Crippen LogP contribution in [0, 0.1) is 0 Å². The Hall–Kier alpha value is -1.19. The number of hydrogen-bond acceptors (Lipinski definition) is 3. The standard InChI is InChI=1S/C12H17NO.CH4O/c1-3-13(4-2)10-12(14)11-8-6-5-7-9-11;1-2/h5-9H,3-4,10H2,1-2H3;2H,1H3. The van der Waals surface area contributed by atoms with E-state index in [1.165, 1.54) is 0 Å². The van der Waals surface area contributed by atoms with Gasteiger partial charge in [-0.2, -0.15) is 0 Å². The van der Waals surface area contributed by atoms with Gasteiger partial charge < -0.3 is 5.11 Å². The van der Waals surface area contributed by atoms with Crippen molar-refractivity contribution < 1.29 is 9.90 Å². The lowest BCUT2D eigenvalue weighted by atomic mass is 10.1. The fourth-order valence-electron chi connectivity index (χ4n) is 1.37. The van der Waals surface area contributed by atoms with Crippen molar-refractivity contribution in [2.45, 2.75) is 13.8 Å². The highest BCUT2D eigenvalue weighted by molar-refractivity contribution is 5.97. The molecule has 0 amide bonds. The highest BCUT2D eigenvalue weighted by Gasteiger charge is 2.08. The van der Waals surface area contributed by atoms with Crippen molar-refractivity contribution in [1.82, 2.24) is 4.90 Å². The van der Waals surface area contributed by atoms with Gasteiger partial charge >= 0.3 is 0 Å². The molecule has 90 valence electrons. The first-order valence-corrected chi connectivity index (χ1v) is 5.53. The van der Waals surface area contributed by atoms with Gasteiger partial charge in [0.15, 0.2) is 5.78 Å². The number of aliphatic hydroxyl groups excluding tert-OH is 1. The summed E-state index contributed by atoms with van der Waals surface area (Å²) in [5.74, 6) is 0.203. The van der Waals surface area contributed by atoms with Crippen LogP contribution in [0.25, 0.3) is 0 Å². The van der Waals surface area contributed by atoms with Crippen LogP contribution in [0.15, 0.2) is 30.3 Å². The molecule has 1 rings (SSSR count). The Balaban J connectivity index is 0.00000106. The van der Waals surface area contributed by atoms with Gasteiger partial charge in [-0.15, -0.1) is 0 Å². The van der Waals surface area contributed by atoms with E-state index in [4.69, 9.17) is 5.11 Å². The van der Waals surface area contributed by atoms with Crippen LogP contribution in [0.3, 0.4) is 0 Å². The van der Waals surface area contributed by atoms with Crippen molar-refractivity contribution >= 4 is 5.78 Å². The van der Waals surface area contributed by atoms with Crippen LogP contribution < -0.4 is 0 Å². The summed E-state index contributed by atoms with van der Waals surface area (Å²) in [6.07, 6.45) is 0. The van der Waals surface area contributed by atoms with Crippen LogP contribution >= 0.6 is 0 Å². The molecule has 1 aromatic rings. The zero-order chi connectivity index (χ0) is 12.4. The minimum absolute atomic E-state index is 0.203. The molecule has 0 aromatic heterocycles. The summed E-state index contributed by atoms with van der Waals surface area (Å²) in [5.41, 5.74) is 0.805. The molecule has 0 saturated carbocycles. The zero-order valence-corrected chi connectivity index (χ0v) is 10.3. The zero-order valence-electron chi connectivity index (χ0n) is 10.3. The lowest BCUT2D eigenvalue weighted by Gasteiger charge is -2.16. The van der Waals surface area contributed by atoms with Crippen LogP contribution in [-0.4, -0.2) is 42.5 Å². The van der Waals surface area contributed by atoms with Crippen LogP contribution in [-0.2, 0) is 0 Å². The van der Waals surface area contributed by atoms with Gasteiger partial charge in [-0.05, 0) is 13.1 Å². The van der Waals surface area contributed by atoms with Crippen molar-refractivity contribution in [3.63, 3.8) is 0 Å². The van der Waals surface area contributed by atoms with Gasteiger partial charge in [-0.3, -0.25) is 9.69 Å². The second kappa shape index (κ2) is 9.07. The highest BCUT2D eigenvalue weighted by Crippen LogP contribution is 2.01. The predicted octanol–water partition coefficient (Wildman–Crippen LogP) is 1.82. The van der Waals surface area contributed by atoms with Gasteiger partial charge in [0.1, 0.15) is 0 Å². The van der Waals surface area contributed by atoms with E-state index in [9.17, 15) is 4.79 Å². The first-order chi connectivity index (χ1) is 7.77. The van der Waals surface area contributed by atoms with E-state index in [2.05, 4.69) is 18.7 Å². The minimum atomic E-state index is 0.203. The molecule has 0 fully saturated rings. The Morgan fingerprint density at radius 2 is 1.62 bits per heavy atom. The Morgan fingerprint density at radius 3 is 2.06 bits per heavy atom. The van der Waals surface area contributed by atoms with E-state index < -0.39 is 0 Å². The van der Waals surface area contributed by atoms with Gasteiger partial charge in [0.25, 0.3) is 0 Å². The number of aliphatic hydroxyl groups is 1. The number of Topliss-reactive ketones (excluding diaryl/α,β-unsaturated/α-hetero) is 1. The molecule has 0 heterocycles. The highest BCUT2D eigenvalue weighted by atomic mass is 16.2. The third-order valence-electron chi connectivity index (χ3n) is 2.36. The van der Waals surface area contributed by atoms with Crippen molar-refractivity contribution in [1.29, 1.82) is 0 Å². The number of carbonyl (C=O) groups is 1. The number of benzene rings is 1. The summed E-state index contributed by atoms with van der Waals surface area (Å²) in [5, 5.41) is 7.00. The van der Waals surface area contributed by atoms with Gasteiger partial charge in [0.2, 0.25) is 0 Å². The molecule has 0 spiro atoms.